The van der Waals surface area contributed by atoms with Crippen molar-refractivity contribution in [3.63, 3.8) is 0 Å². The van der Waals surface area contributed by atoms with Crippen molar-refractivity contribution in [3.05, 3.63) is 94.7 Å². The molecule has 0 amide bonds. The molecule has 0 aliphatic heterocycles. The van der Waals surface area contributed by atoms with Gasteiger partial charge in [-0.05, 0) is 19.1 Å². The van der Waals surface area contributed by atoms with Gasteiger partial charge in [-0.25, -0.2) is 18.7 Å². The summed E-state index contributed by atoms with van der Waals surface area (Å²) in [6.45, 7) is 2.03. The number of ether oxygens (including phenoxy) is 2. The van der Waals surface area contributed by atoms with Crippen molar-refractivity contribution in [2.45, 2.75) is 19.9 Å². The van der Waals surface area contributed by atoms with E-state index in [0.29, 0.717) is 34.1 Å². The largest absolute Gasteiger partial charge is 0.494 e. The average Bonchev–Trinajstić information content (AvgIpc) is 2.94. The number of nitrogens with one attached hydrogen (secondary N) is 3. The van der Waals surface area contributed by atoms with Gasteiger partial charge in [-0.15, -0.1) is 0 Å². The summed E-state index contributed by atoms with van der Waals surface area (Å²) in [5.74, 6) is -0.754. The van der Waals surface area contributed by atoms with E-state index >= 15 is 0 Å². The highest BCUT2D eigenvalue weighted by Crippen LogP contribution is 2.30. The summed E-state index contributed by atoms with van der Waals surface area (Å²) < 4.78 is 40.1. The molecule has 9 nitrogen and oxygen atoms in total. The number of aromatic nitrogens is 3. The van der Waals surface area contributed by atoms with Crippen LogP contribution in [-0.4, -0.2) is 45.6 Å². The van der Waals surface area contributed by atoms with Crippen LogP contribution >= 0.6 is 11.6 Å². The van der Waals surface area contributed by atoms with Gasteiger partial charge in [0, 0.05) is 60.9 Å². The Morgan fingerprint density at radius 1 is 1.07 bits per heavy atom. The van der Waals surface area contributed by atoms with Gasteiger partial charge in [-0.2, -0.15) is 0 Å². The molecule has 0 radical (unpaired) electrons. The smallest absolute Gasteiger partial charge is 0.180 e. The average molecular weight is 569 g/mol. The Morgan fingerprint density at radius 2 is 1.85 bits per heavy atom. The van der Waals surface area contributed by atoms with E-state index in [9.17, 15) is 8.78 Å². The minimum Gasteiger partial charge on any atom is -0.494 e. The molecule has 4 rings (SSSR count). The molecule has 4 N–H and O–H groups in total. The Morgan fingerprint density at radius 3 is 2.58 bits per heavy atom. The van der Waals surface area contributed by atoms with Crippen LogP contribution in [0.4, 0.5) is 26.0 Å². The second kappa shape index (κ2) is 13.6. The van der Waals surface area contributed by atoms with E-state index in [0.717, 1.165) is 12.1 Å². The molecular formula is C28H27ClF2N6O3. The van der Waals surface area contributed by atoms with Crippen LogP contribution in [0.3, 0.4) is 0 Å². The summed E-state index contributed by atoms with van der Waals surface area (Å²) in [7, 11) is 0. The van der Waals surface area contributed by atoms with Crippen molar-refractivity contribution < 1.29 is 23.4 Å². The predicted octanol–water partition coefficient (Wildman–Crippen LogP) is 5.73. The second-order valence-corrected chi connectivity index (χ2v) is 8.79. The fourth-order valence-corrected chi connectivity index (χ4v) is 3.86. The molecule has 0 bridgehead atoms. The molecule has 0 fully saturated rings. The van der Waals surface area contributed by atoms with Crippen LogP contribution in [0, 0.1) is 17.0 Å². The molecule has 0 spiro atoms. The van der Waals surface area contributed by atoms with Crippen molar-refractivity contribution >= 4 is 34.5 Å². The van der Waals surface area contributed by atoms with Crippen molar-refractivity contribution in [1.82, 2.24) is 15.0 Å². The minimum absolute atomic E-state index is 0.0403. The molecule has 0 saturated heterocycles. The Bertz CT molecular complexity index is 1470. The predicted molar refractivity (Wildman–Crippen MR) is 149 cm³/mol. The van der Waals surface area contributed by atoms with Gasteiger partial charge in [0.25, 0.3) is 0 Å². The zero-order valence-corrected chi connectivity index (χ0v) is 22.3. The van der Waals surface area contributed by atoms with Crippen molar-refractivity contribution in [2.24, 2.45) is 0 Å². The van der Waals surface area contributed by atoms with Crippen LogP contribution in [-0.2, 0) is 6.54 Å². The SMILES string of the molecule is CCOc1cc(F)c(CNc2ccccc2C(=N)c2ncc(OCCCO)c(Nc3ccncc3Cl)n2)c(F)c1. The normalized spacial score (nSPS) is 10.7. The second-order valence-electron chi connectivity index (χ2n) is 8.39. The first-order valence-electron chi connectivity index (χ1n) is 12.4. The standard InChI is InChI=1S/C28H27ClF2N6O3/c1-2-39-17-12-21(30)19(22(31)13-17)14-34-23-7-4-3-6-18(23)26(32)28-35-16-25(40-11-5-10-38)27(37-28)36-24-8-9-33-15-20(24)29/h3-4,6-9,12-13,15-16,32,34,38H,2,5,10-11,14H2,1H3,(H,33,35,36,37). The van der Waals surface area contributed by atoms with Crippen LogP contribution in [0.15, 0.2) is 61.1 Å². The Balaban J connectivity index is 1.60. The summed E-state index contributed by atoms with van der Waals surface area (Å²) in [5.41, 5.74) is 1.18. The van der Waals surface area contributed by atoms with Crippen LogP contribution in [0.2, 0.25) is 5.02 Å². The number of aliphatic hydroxyl groups excluding tert-OH is 1. The molecule has 2 heterocycles. The lowest BCUT2D eigenvalue weighted by molar-refractivity contribution is 0.233. The van der Waals surface area contributed by atoms with Crippen molar-refractivity contribution in [1.29, 1.82) is 5.41 Å². The van der Waals surface area contributed by atoms with Gasteiger partial charge in [-0.1, -0.05) is 29.8 Å². The topological polar surface area (TPSA) is 125 Å². The number of hydrogen-bond acceptors (Lipinski definition) is 9. The van der Waals surface area contributed by atoms with Crippen LogP contribution in [0.1, 0.15) is 30.3 Å². The van der Waals surface area contributed by atoms with E-state index in [1.165, 1.54) is 12.4 Å². The Labute approximate surface area is 234 Å². The van der Waals surface area contributed by atoms with Gasteiger partial charge >= 0.3 is 0 Å². The maximum Gasteiger partial charge on any atom is 0.180 e. The van der Waals surface area contributed by atoms with E-state index < -0.39 is 11.6 Å². The number of halogens is 3. The van der Waals surface area contributed by atoms with E-state index in [1.54, 1.807) is 43.5 Å². The first-order valence-corrected chi connectivity index (χ1v) is 12.8. The molecule has 0 unspecified atom stereocenters. The van der Waals surface area contributed by atoms with Crippen LogP contribution < -0.4 is 20.1 Å². The highest BCUT2D eigenvalue weighted by atomic mass is 35.5. The zero-order chi connectivity index (χ0) is 28.5. The number of aliphatic hydroxyl groups is 1. The number of hydrogen-bond donors (Lipinski definition) is 4. The lowest BCUT2D eigenvalue weighted by Crippen LogP contribution is -2.14. The summed E-state index contributed by atoms with van der Waals surface area (Å²) in [6, 6.07) is 10.8. The third-order valence-corrected chi connectivity index (χ3v) is 5.94. The van der Waals surface area contributed by atoms with Gasteiger partial charge in [0.15, 0.2) is 17.4 Å². The lowest BCUT2D eigenvalue weighted by Gasteiger charge is -2.16. The van der Waals surface area contributed by atoms with Crippen LogP contribution in [0.5, 0.6) is 11.5 Å². The molecule has 40 heavy (non-hydrogen) atoms. The molecule has 0 atom stereocenters. The fraction of sp³-hybridized carbons (Fsp3) is 0.214. The molecule has 0 saturated carbocycles. The van der Waals surface area contributed by atoms with E-state index in [2.05, 4.69) is 25.6 Å². The molecule has 2 aromatic carbocycles. The lowest BCUT2D eigenvalue weighted by atomic mass is 10.1. The number of para-hydroxylation sites is 1. The van der Waals surface area contributed by atoms with Crippen LogP contribution in [0.25, 0.3) is 0 Å². The highest BCUT2D eigenvalue weighted by molar-refractivity contribution is 6.33. The summed E-state index contributed by atoms with van der Waals surface area (Å²) in [5, 5.41) is 24.4. The quantitative estimate of drug-likeness (QED) is 0.119. The van der Waals surface area contributed by atoms with E-state index in [1.807, 2.05) is 0 Å². The maximum atomic E-state index is 14.6. The highest BCUT2D eigenvalue weighted by Gasteiger charge is 2.18. The number of benzene rings is 2. The monoisotopic (exact) mass is 568 g/mol. The maximum absolute atomic E-state index is 14.6. The number of pyridine rings is 1. The number of nitrogens with zero attached hydrogens (tertiary/aromatic N) is 3. The Kier molecular flexibility index (Phi) is 9.76. The van der Waals surface area contributed by atoms with Gasteiger partial charge < -0.3 is 25.2 Å². The van der Waals surface area contributed by atoms with Crippen molar-refractivity contribution in [3.8, 4) is 11.5 Å². The van der Waals surface area contributed by atoms with Gasteiger partial charge in [-0.3, -0.25) is 10.4 Å². The van der Waals surface area contributed by atoms with Gasteiger partial charge in [0.05, 0.1) is 30.1 Å². The molecular weight excluding hydrogens is 542 g/mol. The van der Waals surface area contributed by atoms with Gasteiger partial charge in [0.1, 0.15) is 23.1 Å². The fourth-order valence-electron chi connectivity index (χ4n) is 3.70. The summed E-state index contributed by atoms with van der Waals surface area (Å²) in [4.78, 5) is 12.8. The van der Waals surface area contributed by atoms with Gasteiger partial charge in [0.2, 0.25) is 0 Å². The minimum atomic E-state index is -0.742. The van der Waals surface area contributed by atoms with E-state index in [-0.39, 0.29) is 55.0 Å². The van der Waals surface area contributed by atoms with E-state index in [4.69, 9.17) is 31.6 Å². The molecule has 4 aromatic rings. The number of anilines is 3. The number of rotatable bonds is 13. The first kappa shape index (κ1) is 28.7. The zero-order valence-electron chi connectivity index (χ0n) is 21.5. The Hall–Kier alpha value is -4.35. The molecule has 2 aromatic heterocycles. The molecule has 0 aliphatic carbocycles. The third kappa shape index (κ3) is 6.99. The summed E-state index contributed by atoms with van der Waals surface area (Å²) in [6.07, 6.45) is 4.86. The molecule has 12 heteroatoms. The third-order valence-electron chi connectivity index (χ3n) is 5.64. The summed E-state index contributed by atoms with van der Waals surface area (Å²) >= 11 is 6.25. The van der Waals surface area contributed by atoms with Crippen molar-refractivity contribution in [2.75, 3.05) is 30.5 Å². The molecule has 208 valence electrons. The first-order chi connectivity index (χ1) is 19.4. The molecule has 0 aliphatic rings.